The SMILES string of the molecule is Cc1ccc(C)c(S(=O)(=O)C2(C(=O)NCC3CC3)CCCC2)c1. The van der Waals surface area contributed by atoms with Gasteiger partial charge >= 0.3 is 0 Å². The maximum Gasteiger partial charge on any atom is 0.241 e. The molecule has 3 rings (SSSR count). The van der Waals surface area contributed by atoms with Gasteiger partial charge in [0.05, 0.1) is 4.90 Å². The summed E-state index contributed by atoms with van der Waals surface area (Å²) in [4.78, 5) is 13.1. The minimum Gasteiger partial charge on any atom is -0.354 e. The van der Waals surface area contributed by atoms with E-state index in [9.17, 15) is 13.2 Å². The van der Waals surface area contributed by atoms with Crippen molar-refractivity contribution in [3.8, 4) is 0 Å². The summed E-state index contributed by atoms with van der Waals surface area (Å²) in [5, 5.41) is 2.92. The van der Waals surface area contributed by atoms with E-state index < -0.39 is 14.6 Å². The van der Waals surface area contributed by atoms with Gasteiger partial charge in [-0.2, -0.15) is 0 Å². The fraction of sp³-hybridized carbons (Fsp3) is 0.611. The second-order valence-corrected chi connectivity index (χ2v) is 9.36. The summed E-state index contributed by atoms with van der Waals surface area (Å²) >= 11 is 0. The molecule has 0 heterocycles. The molecule has 0 aliphatic heterocycles. The lowest BCUT2D eigenvalue weighted by Crippen LogP contribution is -2.51. The van der Waals surface area contributed by atoms with Gasteiger partial charge < -0.3 is 5.32 Å². The standard InChI is InChI=1S/C18H25NO3S/c1-13-5-6-14(2)16(11-13)23(21,22)18(9-3-4-10-18)17(20)19-12-15-7-8-15/h5-6,11,15H,3-4,7-10,12H2,1-2H3,(H,19,20). The molecule has 0 bridgehead atoms. The lowest BCUT2D eigenvalue weighted by molar-refractivity contribution is -0.123. The van der Waals surface area contributed by atoms with E-state index in [0.717, 1.165) is 36.8 Å². The Balaban J connectivity index is 1.98. The van der Waals surface area contributed by atoms with Crippen LogP contribution in [0.5, 0.6) is 0 Å². The van der Waals surface area contributed by atoms with Gasteiger partial charge in [0.25, 0.3) is 0 Å². The van der Waals surface area contributed by atoms with Crippen molar-refractivity contribution in [3.05, 3.63) is 29.3 Å². The van der Waals surface area contributed by atoms with E-state index in [1.54, 1.807) is 13.0 Å². The largest absolute Gasteiger partial charge is 0.354 e. The predicted octanol–water partition coefficient (Wildman–Crippen LogP) is 2.92. The molecule has 2 aliphatic carbocycles. The van der Waals surface area contributed by atoms with E-state index in [0.29, 0.717) is 30.2 Å². The van der Waals surface area contributed by atoms with Crippen LogP contribution < -0.4 is 5.32 Å². The molecule has 126 valence electrons. The lowest BCUT2D eigenvalue weighted by atomic mass is 10.1. The normalized spacial score (nSPS) is 20.4. The number of nitrogens with one attached hydrogen (secondary N) is 1. The third-order valence-corrected chi connectivity index (χ3v) is 7.86. The van der Waals surface area contributed by atoms with Gasteiger partial charge in [-0.05, 0) is 62.6 Å². The highest BCUT2D eigenvalue weighted by atomic mass is 32.2. The van der Waals surface area contributed by atoms with Crippen LogP contribution in [0.25, 0.3) is 0 Å². The number of carbonyl (C=O) groups is 1. The van der Waals surface area contributed by atoms with Crippen molar-refractivity contribution in [3.63, 3.8) is 0 Å². The van der Waals surface area contributed by atoms with Crippen molar-refractivity contribution in [1.29, 1.82) is 0 Å². The number of rotatable bonds is 5. The molecule has 23 heavy (non-hydrogen) atoms. The molecule has 1 aromatic carbocycles. The van der Waals surface area contributed by atoms with E-state index >= 15 is 0 Å². The van der Waals surface area contributed by atoms with Crippen molar-refractivity contribution in [2.75, 3.05) is 6.54 Å². The zero-order valence-electron chi connectivity index (χ0n) is 13.9. The van der Waals surface area contributed by atoms with Gasteiger partial charge in [-0.15, -0.1) is 0 Å². The Morgan fingerprint density at radius 3 is 2.48 bits per heavy atom. The molecule has 0 unspecified atom stereocenters. The van der Waals surface area contributed by atoms with Crippen molar-refractivity contribution < 1.29 is 13.2 Å². The quantitative estimate of drug-likeness (QED) is 0.900. The predicted molar refractivity (Wildman–Crippen MR) is 90.0 cm³/mol. The van der Waals surface area contributed by atoms with Gasteiger partial charge in [-0.1, -0.05) is 25.0 Å². The molecule has 0 spiro atoms. The van der Waals surface area contributed by atoms with Crippen LogP contribution in [0.15, 0.2) is 23.1 Å². The van der Waals surface area contributed by atoms with Crippen LogP contribution in [-0.2, 0) is 14.6 Å². The number of carbonyl (C=O) groups excluding carboxylic acids is 1. The first-order chi connectivity index (χ1) is 10.9. The third-order valence-electron chi connectivity index (χ3n) is 5.22. The Morgan fingerprint density at radius 2 is 1.87 bits per heavy atom. The Morgan fingerprint density at radius 1 is 1.22 bits per heavy atom. The van der Waals surface area contributed by atoms with Gasteiger partial charge in [0.15, 0.2) is 14.6 Å². The van der Waals surface area contributed by atoms with Crippen LogP contribution in [-0.4, -0.2) is 25.6 Å². The molecule has 0 aromatic heterocycles. The summed E-state index contributed by atoms with van der Waals surface area (Å²) in [6.45, 7) is 4.30. The number of hydrogen-bond acceptors (Lipinski definition) is 3. The number of amides is 1. The van der Waals surface area contributed by atoms with Crippen LogP contribution in [0.4, 0.5) is 0 Å². The van der Waals surface area contributed by atoms with E-state index in [4.69, 9.17) is 0 Å². The van der Waals surface area contributed by atoms with Crippen LogP contribution in [0.2, 0.25) is 0 Å². The molecular formula is C18H25NO3S. The average Bonchev–Trinajstić information content (AvgIpc) is 3.20. The molecule has 2 fully saturated rings. The van der Waals surface area contributed by atoms with E-state index in [1.165, 1.54) is 0 Å². The summed E-state index contributed by atoms with van der Waals surface area (Å²) in [6.07, 6.45) is 4.72. The number of sulfone groups is 1. The zero-order valence-corrected chi connectivity index (χ0v) is 14.7. The van der Waals surface area contributed by atoms with Gasteiger partial charge in [-0.3, -0.25) is 4.79 Å². The van der Waals surface area contributed by atoms with Gasteiger partial charge in [0.2, 0.25) is 5.91 Å². The fourth-order valence-corrected chi connectivity index (χ4v) is 5.89. The zero-order chi connectivity index (χ0) is 16.7. The van der Waals surface area contributed by atoms with E-state index in [2.05, 4.69) is 5.32 Å². The number of aryl methyl sites for hydroxylation is 2. The van der Waals surface area contributed by atoms with E-state index in [-0.39, 0.29) is 5.91 Å². The summed E-state index contributed by atoms with van der Waals surface area (Å²) in [7, 11) is -3.69. The average molecular weight is 335 g/mol. The Hall–Kier alpha value is -1.36. The molecule has 0 saturated heterocycles. The van der Waals surface area contributed by atoms with Crippen molar-refractivity contribution in [2.45, 2.75) is 62.0 Å². The lowest BCUT2D eigenvalue weighted by Gasteiger charge is -2.28. The first-order valence-corrected chi connectivity index (χ1v) is 9.95. The first-order valence-electron chi connectivity index (χ1n) is 8.47. The Labute approximate surface area is 138 Å². The first kappa shape index (κ1) is 16.5. The topological polar surface area (TPSA) is 63.2 Å². The van der Waals surface area contributed by atoms with Crippen LogP contribution >= 0.6 is 0 Å². The molecule has 5 heteroatoms. The second-order valence-electron chi connectivity index (χ2n) is 7.13. The van der Waals surface area contributed by atoms with Gasteiger partial charge in [-0.25, -0.2) is 8.42 Å². The van der Waals surface area contributed by atoms with E-state index in [1.807, 2.05) is 19.1 Å². The summed E-state index contributed by atoms with van der Waals surface area (Å²) in [6, 6.07) is 5.44. The molecule has 4 nitrogen and oxygen atoms in total. The highest BCUT2D eigenvalue weighted by Gasteiger charge is 2.53. The Kier molecular flexibility index (Phi) is 4.25. The van der Waals surface area contributed by atoms with Crippen molar-refractivity contribution >= 4 is 15.7 Å². The van der Waals surface area contributed by atoms with Crippen molar-refractivity contribution in [1.82, 2.24) is 5.32 Å². The third kappa shape index (κ3) is 2.91. The number of benzene rings is 1. The second kappa shape index (κ2) is 5.93. The summed E-state index contributed by atoms with van der Waals surface area (Å²) in [5.41, 5.74) is 1.62. The Bertz CT molecular complexity index is 714. The molecular weight excluding hydrogens is 310 g/mol. The summed E-state index contributed by atoms with van der Waals surface area (Å²) < 4.78 is 25.5. The molecule has 2 saturated carbocycles. The van der Waals surface area contributed by atoms with Crippen LogP contribution in [0, 0.1) is 19.8 Å². The van der Waals surface area contributed by atoms with Crippen LogP contribution in [0.3, 0.4) is 0 Å². The van der Waals surface area contributed by atoms with Gasteiger partial charge in [0, 0.05) is 6.54 Å². The molecule has 1 aromatic rings. The molecule has 2 aliphatic rings. The van der Waals surface area contributed by atoms with Crippen molar-refractivity contribution in [2.24, 2.45) is 5.92 Å². The van der Waals surface area contributed by atoms with Crippen LogP contribution in [0.1, 0.15) is 49.7 Å². The fourth-order valence-electron chi connectivity index (χ4n) is 3.49. The highest BCUT2D eigenvalue weighted by Crippen LogP contribution is 2.42. The monoisotopic (exact) mass is 335 g/mol. The smallest absolute Gasteiger partial charge is 0.241 e. The molecule has 1 amide bonds. The maximum absolute atomic E-state index is 13.4. The number of hydrogen-bond donors (Lipinski definition) is 1. The maximum atomic E-state index is 13.4. The molecule has 0 atom stereocenters. The highest BCUT2D eigenvalue weighted by molar-refractivity contribution is 7.93. The molecule has 1 N–H and O–H groups in total. The summed E-state index contributed by atoms with van der Waals surface area (Å²) in [5.74, 6) is 0.253. The minimum atomic E-state index is -3.69. The van der Waals surface area contributed by atoms with Gasteiger partial charge in [0.1, 0.15) is 0 Å². The minimum absolute atomic E-state index is 0.289. The molecule has 0 radical (unpaired) electrons.